The Balaban J connectivity index is 2.49. The van der Waals surface area contributed by atoms with Crippen molar-refractivity contribution in [2.45, 2.75) is 18.9 Å². The van der Waals surface area contributed by atoms with Crippen molar-refractivity contribution in [1.29, 1.82) is 0 Å². The largest absolute Gasteiger partial charge is 0.312 e. The minimum Gasteiger partial charge on any atom is -0.312 e. The molecule has 16 heavy (non-hydrogen) atoms. The first kappa shape index (κ1) is 14.0. The summed E-state index contributed by atoms with van der Waals surface area (Å²) in [4.78, 5) is 20.4. The Bertz CT molecular complexity index is 379. The number of aromatic nitrogens is 2. The van der Waals surface area contributed by atoms with Crippen LogP contribution in [0.3, 0.4) is 0 Å². The lowest BCUT2D eigenvalue weighted by atomic mass is 10.5. The summed E-state index contributed by atoms with van der Waals surface area (Å²) in [5.41, 5.74) is -0.0547. The van der Waals surface area contributed by atoms with Crippen LogP contribution in [-0.4, -0.2) is 40.3 Å². The fraction of sp³-hybridized carbons (Fsp3) is 0.600. The molecule has 0 spiro atoms. The standard InChI is InChI=1S/C10H16IN3OS/c1-3-14(4-2)5-6-16-10-8(11)9(15)12-7-13-10/h7H,3-6H2,1-2H3,(H,12,13,15). The minimum atomic E-state index is -0.0547. The number of aromatic amines is 1. The molecule has 1 rings (SSSR count). The van der Waals surface area contributed by atoms with Gasteiger partial charge in [0.1, 0.15) is 8.60 Å². The summed E-state index contributed by atoms with van der Waals surface area (Å²) < 4.78 is 0.685. The third-order valence-corrected chi connectivity index (χ3v) is 4.64. The van der Waals surface area contributed by atoms with Gasteiger partial charge in [-0.15, -0.1) is 11.8 Å². The summed E-state index contributed by atoms with van der Waals surface area (Å²) in [5.74, 6) is 0.966. The summed E-state index contributed by atoms with van der Waals surface area (Å²) in [6.45, 7) is 7.48. The van der Waals surface area contributed by atoms with E-state index in [2.05, 4.69) is 28.7 Å². The summed E-state index contributed by atoms with van der Waals surface area (Å²) >= 11 is 3.68. The molecular weight excluding hydrogens is 337 g/mol. The first-order valence-electron chi connectivity index (χ1n) is 5.27. The molecule has 0 fully saturated rings. The molecule has 0 amide bonds. The van der Waals surface area contributed by atoms with Crippen LogP contribution in [0.5, 0.6) is 0 Å². The zero-order valence-corrected chi connectivity index (χ0v) is 12.5. The van der Waals surface area contributed by atoms with Crippen LogP contribution in [0.1, 0.15) is 13.8 Å². The molecule has 0 radical (unpaired) electrons. The van der Waals surface area contributed by atoms with E-state index in [9.17, 15) is 4.79 Å². The van der Waals surface area contributed by atoms with Crippen molar-refractivity contribution in [3.63, 3.8) is 0 Å². The predicted molar refractivity (Wildman–Crippen MR) is 76.1 cm³/mol. The number of nitrogens with one attached hydrogen (secondary N) is 1. The highest BCUT2D eigenvalue weighted by atomic mass is 127. The Kier molecular flexibility index (Phi) is 6.37. The third kappa shape index (κ3) is 4.06. The van der Waals surface area contributed by atoms with Crippen molar-refractivity contribution in [3.05, 3.63) is 20.3 Å². The van der Waals surface area contributed by atoms with E-state index in [0.717, 1.165) is 30.4 Å². The quantitative estimate of drug-likeness (QED) is 0.482. The van der Waals surface area contributed by atoms with E-state index < -0.39 is 0 Å². The topological polar surface area (TPSA) is 49.0 Å². The van der Waals surface area contributed by atoms with Gasteiger partial charge in [-0.25, -0.2) is 4.98 Å². The van der Waals surface area contributed by atoms with Crippen LogP contribution in [0.15, 0.2) is 16.1 Å². The molecule has 4 nitrogen and oxygen atoms in total. The van der Waals surface area contributed by atoms with Gasteiger partial charge in [0.2, 0.25) is 0 Å². The molecule has 0 unspecified atom stereocenters. The van der Waals surface area contributed by atoms with Crippen LogP contribution in [0.2, 0.25) is 0 Å². The maximum atomic E-state index is 11.3. The fourth-order valence-electron chi connectivity index (χ4n) is 1.28. The molecular formula is C10H16IN3OS. The number of rotatable bonds is 6. The van der Waals surface area contributed by atoms with E-state index in [1.165, 1.54) is 6.33 Å². The highest BCUT2D eigenvalue weighted by molar-refractivity contribution is 14.1. The molecule has 0 atom stereocenters. The van der Waals surface area contributed by atoms with Gasteiger partial charge in [0.25, 0.3) is 5.56 Å². The molecule has 1 aromatic rings. The van der Waals surface area contributed by atoms with Gasteiger partial charge in [0, 0.05) is 12.3 Å². The Morgan fingerprint density at radius 2 is 2.19 bits per heavy atom. The predicted octanol–water partition coefficient (Wildman–Crippen LogP) is 1.81. The molecule has 0 saturated carbocycles. The molecule has 1 N–H and O–H groups in total. The molecule has 90 valence electrons. The Morgan fingerprint density at radius 1 is 1.50 bits per heavy atom. The summed E-state index contributed by atoms with van der Waals surface area (Å²) in [6, 6.07) is 0. The van der Waals surface area contributed by atoms with Gasteiger partial charge in [-0.05, 0) is 35.7 Å². The number of thioether (sulfide) groups is 1. The smallest absolute Gasteiger partial charge is 0.265 e. The van der Waals surface area contributed by atoms with Crippen molar-refractivity contribution < 1.29 is 0 Å². The Morgan fingerprint density at radius 3 is 2.81 bits per heavy atom. The lowest BCUT2D eigenvalue weighted by Gasteiger charge is -2.17. The molecule has 0 aromatic carbocycles. The summed E-state index contributed by atoms with van der Waals surface area (Å²) in [5, 5.41) is 0.830. The van der Waals surface area contributed by atoms with Crippen molar-refractivity contribution in [3.8, 4) is 0 Å². The second-order valence-corrected chi connectivity index (χ2v) is 5.39. The van der Waals surface area contributed by atoms with Crippen LogP contribution >= 0.6 is 34.4 Å². The van der Waals surface area contributed by atoms with E-state index in [0.29, 0.717) is 3.57 Å². The first-order valence-corrected chi connectivity index (χ1v) is 7.33. The van der Waals surface area contributed by atoms with Crippen LogP contribution < -0.4 is 5.56 Å². The van der Waals surface area contributed by atoms with E-state index >= 15 is 0 Å². The number of nitrogens with zero attached hydrogens (tertiary/aromatic N) is 2. The summed E-state index contributed by atoms with van der Waals surface area (Å²) in [6.07, 6.45) is 1.46. The molecule has 0 saturated heterocycles. The van der Waals surface area contributed by atoms with Gasteiger partial charge in [-0.1, -0.05) is 13.8 Å². The fourth-order valence-corrected chi connectivity index (χ4v) is 2.93. The van der Waals surface area contributed by atoms with E-state index in [4.69, 9.17) is 0 Å². The number of H-pyrrole nitrogens is 1. The lowest BCUT2D eigenvalue weighted by Crippen LogP contribution is -2.25. The Hall–Kier alpha value is -0.0800. The minimum absolute atomic E-state index is 0.0547. The van der Waals surface area contributed by atoms with Crippen LogP contribution in [0, 0.1) is 3.57 Å². The van der Waals surface area contributed by atoms with E-state index in [1.807, 2.05) is 22.6 Å². The maximum absolute atomic E-state index is 11.3. The number of hydrogen-bond acceptors (Lipinski definition) is 4. The average Bonchev–Trinajstić information content (AvgIpc) is 2.30. The van der Waals surface area contributed by atoms with Gasteiger partial charge < -0.3 is 9.88 Å². The van der Waals surface area contributed by atoms with Crippen LogP contribution in [0.4, 0.5) is 0 Å². The monoisotopic (exact) mass is 353 g/mol. The first-order chi connectivity index (χ1) is 7.69. The second-order valence-electron chi connectivity index (χ2n) is 3.23. The zero-order valence-electron chi connectivity index (χ0n) is 9.49. The van der Waals surface area contributed by atoms with E-state index in [-0.39, 0.29) is 5.56 Å². The molecule has 6 heteroatoms. The van der Waals surface area contributed by atoms with Crippen molar-refractivity contribution in [1.82, 2.24) is 14.9 Å². The summed E-state index contributed by atoms with van der Waals surface area (Å²) in [7, 11) is 0. The SMILES string of the molecule is CCN(CC)CCSc1nc[nH]c(=O)c1I. The maximum Gasteiger partial charge on any atom is 0.265 e. The molecule has 0 aliphatic rings. The van der Waals surface area contributed by atoms with Crippen molar-refractivity contribution in [2.75, 3.05) is 25.4 Å². The highest BCUT2D eigenvalue weighted by Gasteiger charge is 2.06. The van der Waals surface area contributed by atoms with Crippen molar-refractivity contribution >= 4 is 34.4 Å². The Labute approximate surface area is 113 Å². The van der Waals surface area contributed by atoms with Gasteiger partial charge in [0.05, 0.1) is 6.33 Å². The molecule has 1 heterocycles. The molecule has 0 aliphatic carbocycles. The van der Waals surface area contributed by atoms with Gasteiger partial charge >= 0.3 is 0 Å². The number of halogens is 1. The van der Waals surface area contributed by atoms with Crippen molar-refractivity contribution in [2.24, 2.45) is 0 Å². The average molecular weight is 353 g/mol. The second kappa shape index (κ2) is 7.29. The highest BCUT2D eigenvalue weighted by Crippen LogP contribution is 2.18. The van der Waals surface area contributed by atoms with Gasteiger partial charge in [-0.3, -0.25) is 4.79 Å². The lowest BCUT2D eigenvalue weighted by molar-refractivity contribution is 0.324. The normalized spacial score (nSPS) is 11.0. The molecule has 1 aromatic heterocycles. The molecule has 0 aliphatic heterocycles. The van der Waals surface area contributed by atoms with Gasteiger partial charge in [0.15, 0.2) is 0 Å². The molecule has 0 bridgehead atoms. The van der Waals surface area contributed by atoms with Crippen LogP contribution in [-0.2, 0) is 0 Å². The van der Waals surface area contributed by atoms with E-state index in [1.54, 1.807) is 11.8 Å². The number of hydrogen-bond donors (Lipinski definition) is 1. The third-order valence-electron chi connectivity index (χ3n) is 2.31. The van der Waals surface area contributed by atoms with Crippen LogP contribution in [0.25, 0.3) is 0 Å². The zero-order chi connectivity index (χ0) is 12.0. The van der Waals surface area contributed by atoms with Gasteiger partial charge in [-0.2, -0.15) is 0 Å².